The van der Waals surface area contributed by atoms with E-state index < -0.39 is 0 Å². The predicted octanol–water partition coefficient (Wildman–Crippen LogP) is 0.178. The lowest BCUT2D eigenvalue weighted by Gasteiger charge is -2.09. The summed E-state index contributed by atoms with van der Waals surface area (Å²) in [5.74, 6) is 0.872. The molecular formula is C12H18N4O2. The molecule has 1 fully saturated rings. The highest BCUT2D eigenvalue weighted by Gasteiger charge is 2.23. The van der Waals surface area contributed by atoms with E-state index in [2.05, 4.69) is 4.99 Å². The summed E-state index contributed by atoms with van der Waals surface area (Å²) >= 11 is 0. The molecule has 6 heteroatoms. The molecule has 1 aromatic rings. The topological polar surface area (TPSA) is 59.6 Å². The second kappa shape index (κ2) is 4.80. The molecule has 18 heavy (non-hydrogen) atoms. The molecule has 0 radical (unpaired) electrons. The molecule has 0 bridgehead atoms. The predicted molar refractivity (Wildman–Crippen MR) is 70.5 cm³/mol. The molecular weight excluding hydrogens is 232 g/mol. The molecule has 0 aromatic carbocycles. The maximum Gasteiger partial charge on any atom is 0.332 e. The van der Waals surface area contributed by atoms with Gasteiger partial charge in [-0.05, 0) is 18.8 Å². The highest BCUT2D eigenvalue weighted by atomic mass is 16.2. The van der Waals surface area contributed by atoms with Gasteiger partial charge in [0.15, 0.2) is 0 Å². The van der Waals surface area contributed by atoms with Gasteiger partial charge in [0.1, 0.15) is 5.82 Å². The molecule has 0 atom stereocenters. The zero-order valence-corrected chi connectivity index (χ0v) is 11.0. The van der Waals surface area contributed by atoms with Gasteiger partial charge in [0.25, 0.3) is 5.56 Å². The smallest absolute Gasteiger partial charge is 0.332 e. The Morgan fingerprint density at radius 3 is 2.67 bits per heavy atom. The quantitative estimate of drug-likeness (QED) is 0.565. The van der Waals surface area contributed by atoms with Crippen LogP contribution in [0.15, 0.2) is 20.6 Å². The molecule has 98 valence electrons. The Hall–Kier alpha value is -1.85. The average molecular weight is 250 g/mol. The molecule has 1 aliphatic carbocycles. The number of nitrogens with zero attached hydrogens (tertiary/aromatic N) is 4. The highest BCUT2D eigenvalue weighted by molar-refractivity contribution is 5.58. The van der Waals surface area contributed by atoms with Crippen LogP contribution < -0.4 is 11.2 Å². The summed E-state index contributed by atoms with van der Waals surface area (Å²) in [6, 6.07) is 1.41. The van der Waals surface area contributed by atoms with Crippen LogP contribution in [0.2, 0.25) is 0 Å². The van der Waals surface area contributed by atoms with Crippen molar-refractivity contribution < 1.29 is 0 Å². The number of hydrogen-bond donors (Lipinski definition) is 0. The number of rotatable bonds is 4. The standard InChI is InChI=1S/C12H18N4O2/c1-14(2)8-13-10-6-11(17)16(7-9-4-5-9)12(18)15(10)3/h6,8-9H,4-5,7H2,1-3H3/b13-8+. The Kier molecular flexibility index (Phi) is 3.36. The summed E-state index contributed by atoms with van der Waals surface area (Å²) in [5, 5.41) is 0. The van der Waals surface area contributed by atoms with Gasteiger partial charge in [-0.15, -0.1) is 0 Å². The van der Waals surface area contributed by atoms with Crippen molar-refractivity contribution in [3.63, 3.8) is 0 Å². The largest absolute Gasteiger partial charge is 0.369 e. The van der Waals surface area contributed by atoms with E-state index in [0.717, 1.165) is 12.8 Å². The van der Waals surface area contributed by atoms with Crippen molar-refractivity contribution in [2.75, 3.05) is 14.1 Å². The zero-order chi connectivity index (χ0) is 13.3. The molecule has 0 N–H and O–H groups in total. The third kappa shape index (κ3) is 2.69. The first kappa shape index (κ1) is 12.6. The molecule has 1 aromatic heterocycles. The monoisotopic (exact) mass is 250 g/mol. The molecule has 0 unspecified atom stereocenters. The summed E-state index contributed by atoms with van der Waals surface area (Å²) in [6.07, 6.45) is 3.78. The van der Waals surface area contributed by atoms with Gasteiger partial charge < -0.3 is 4.90 Å². The second-order valence-corrected chi connectivity index (χ2v) is 4.94. The summed E-state index contributed by atoms with van der Waals surface area (Å²) in [5.41, 5.74) is -0.559. The maximum absolute atomic E-state index is 12.1. The third-order valence-corrected chi connectivity index (χ3v) is 2.94. The van der Waals surface area contributed by atoms with E-state index in [0.29, 0.717) is 18.3 Å². The number of hydrogen-bond acceptors (Lipinski definition) is 3. The summed E-state index contributed by atoms with van der Waals surface area (Å²) < 4.78 is 2.70. The van der Waals surface area contributed by atoms with Crippen molar-refractivity contribution in [3.05, 3.63) is 26.9 Å². The minimum atomic E-state index is -0.291. The van der Waals surface area contributed by atoms with Crippen LogP contribution in [-0.4, -0.2) is 34.5 Å². The van der Waals surface area contributed by atoms with E-state index in [9.17, 15) is 9.59 Å². The zero-order valence-electron chi connectivity index (χ0n) is 11.0. The van der Waals surface area contributed by atoms with Crippen LogP contribution in [0.5, 0.6) is 0 Å². The van der Waals surface area contributed by atoms with Crippen molar-refractivity contribution in [2.24, 2.45) is 18.0 Å². The van der Waals surface area contributed by atoms with Gasteiger partial charge >= 0.3 is 5.69 Å². The van der Waals surface area contributed by atoms with E-state index >= 15 is 0 Å². The van der Waals surface area contributed by atoms with Crippen LogP contribution in [0.1, 0.15) is 12.8 Å². The lowest BCUT2D eigenvalue weighted by atomic mass is 10.4. The number of aromatic nitrogens is 2. The van der Waals surface area contributed by atoms with Gasteiger partial charge in [0.05, 0.1) is 6.34 Å². The molecule has 1 saturated carbocycles. The van der Waals surface area contributed by atoms with Crippen molar-refractivity contribution in [1.29, 1.82) is 0 Å². The Balaban J connectivity index is 2.40. The molecule has 0 saturated heterocycles. The van der Waals surface area contributed by atoms with Gasteiger partial charge in [-0.2, -0.15) is 0 Å². The summed E-state index contributed by atoms with van der Waals surface area (Å²) in [6.45, 7) is 0.531. The first-order valence-electron chi connectivity index (χ1n) is 6.00. The van der Waals surface area contributed by atoms with E-state index in [-0.39, 0.29) is 11.2 Å². The van der Waals surface area contributed by atoms with Gasteiger partial charge in [-0.3, -0.25) is 13.9 Å². The third-order valence-electron chi connectivity index (χ3n) is 2.94. The Bertz CT molecular complexity index is 579. The molecule has 0 amide bonds. The molecule has 0 spiro atoms. The minimum Gasteiger partial charge on any atom is -0.369 e. The SMILES string of the molecule is CN(C)/C=N/c1cc(=O)n(CC2CC2)c(=O)n1C. The fraction of sp³-hybridized carbons (Fsp3) is 0.583. The Morgan fingerprint density at radius 1 is 1.44 bits per heavy atom. The van der Waals surface area contributed by atoms with Crippen LogP contribution in [0.3, 0.4) is 0 Å². The molecule has 1 heterocycles. The molecule has 2 rings (SSSR count). The summed E-state index contributed by atoms with van der Waals surface area (Å²) in [7, 11) is 5.29. The molecule has 1 aliphatic rings. The lowest BCUT2D eigenvalue weighted by molar-refractivity contribution is 0.550. The van der Waals surface area contributed by atoms with Crippen LogP contribution in [-0.2, 0) is 13.6 Å². The first-order valence-corrected chi connectivity index (χ1v) is 6.00. The van der Waals surface area contributed by atoms with Crippen molar-refractivity contribution >= 4 is 12.2 Å². The van der Waals surface area contributed by atoms with Crippen molar-refractivity contribution in [3.8, 4) is 0 Å². The first-order chi connectivity index (χ1) is 8.49. The van der Waals surface area contributed by atoms with Gasteiger partial charge in [-0.1, -0.05) is 0 Å². The van der Waals surface area contributed by atoms with Crippen molar-refractivity contribution in [1.82, 2.24) is 14.0 Å². The fourth-order valence-electron chi connectivity index (χ4n) is 1.68. The normalized spacial score (nSPS) is 15.3. The van der Waals surface area contributed by atoms with Crippen LogP contribution >= 0.6 is 0 Å². The van der Waals surface area contributed by atoms with Gasteiger partial charge in [-0.25, -0.2) is 9.79 Å². The maximum atomic E-state index is 12.1. The van der Waals surface area contributed by atoms with E-state index in [4.69, 9.17) is 0 Å². The van der Waals surface area contributed by atoms with Crippen molar-refractivity contribution in [2.45, 2.75) is 19.4 Å². The highest BCUT2D eigenvalue weighted by Crippen LogP contribution is 2.29. The average Bonchev–Trinajstić information content (AvgIpc) is 3.11. The van der Waals surface area contributed by atoms with E-state index in [1.165, 1.54) is 15.2 Å². The lowest BCUT2D eigenvalue weighted by Crippen LogP contribution is -2.38. The molecule has 0 aliphatic heterocycles. The summed E-state index contributed by atoms with van der Waals surface area (Å²) in [4.78, 5) is 29.8. The molecule has 6 nitrogen and oxygen atoms in total. The Morgan fingerprint density at radius 2 is 2.11 bits per heavy atom. The van der Waals surface area contributed by atoms with Crippen LogP contribution in [0.25, 0.3) is 0 Å². The van der Waals surface area contributed by atoms with E-state index in [1.807, 2.05) is 14.1 Å². The minimum absolute atomic E-state index is 0.268. The second-order valence-electron chi connectivity index (χ2n) is 4.94. The van der Waals surface area contributed by atoms with Gasteiger partial charge in [0, 0.05) is 33.8 Å². The van der Waals surface area contributed by atoms with Gasteiger partial charge in [0.2, 0.25) is 0 Å². The number of aliphatic imine (C=N–C) groups is 1. The Labute approximate surface area is 105 Å². The van der Waals surface area contributed by atoms with Crippen LogP contribution in [0, 0.1) is 5.92 Å². The van der Waals surface area contributed by atoms with Crippen LogP contribution in [0.4, 0.5) is 5.82 Å². The van der Waals surface area contributed by atoms with E-state index in [1.54, 1.807) is 18.3 Å². The fourth-order valence-corrected chi connectivity index (χ4v) is 1.68.